The van der Waals surface area contributed by atoms with Crippen LogP contribution in [0.1, 0.15) is 19.8 Å². The van der Waals surface area contributed by atoms with E-state index in [0.29, 0.717) is 33.3 Å². The molecule has 1 unspecified atom stereocenters. The van der Waals surface area contributed by atoms with Crippen LogP contribution >= 0.6 is 50.7 Å². The first kappa shape index (κ1) is 15.4. The predicted molar refractivity (Wildman–Crippen MR) is 79.2 cm³/mol. The molecule has 0 saturated carbocycles. The standard InChI is InChI=1S/C12H14BrCl3O/c1-2-3-8(6-13)7-17-12-5-10(15)9(14)4-11(12)16/h4-5,8H,2-3,6-7H2,1H3. The maximum atomic E-state index is 6.03. The fourth-order valence-electron chi connectivity index (χ4n) is 1.44. The summed E-state index contributed by atoms with van der Waals surface area (Å²) in [6.45, 7) is 2.78. The van der Waals surface area contributed by atoms with E-state index in [9.17, 15) is 0 Å². The van der Waals surface area contributed by atoms with Crippen molar-refractivity contribution in [2.75, 3.05) is 11.9 Å². The number of benzene rings is 1. The average Bonchev–Trinajstić information content (AvgIpc) is 2.30. The maximum Gasteiger partial charge on any atom is 0.139 e. The summed E-state index contributed by atoms with van der Waals surface area (Å²) in [7, 11) is 0. The van der Waals surface area contributed by atoms with Crippen LogP contribution in [-0.4, -0.2) is 11.9 Å². The van der Waals surface area contributed by atoms with E-state index in [-0.39, 0.29) is 0 Å². The summed E-state index contributed by atoms with van der Waals surface area (Å²) in [5.74, 6) is 1.06. The van der Waals surface area contributed by atoms with Crippen molar-refractivity contribution >= 4 is 50.7 Å². The van der Waals surface area contributed by atoms with Gasteiger partial charge in [-0.05, 0) is 12.5 Å². The Morgan fingerprint density at radius 1 is 1.18 bits per heavy atom. The zero-order valence-electron chi connectivity index (χ0n) is 9.48. The number of halogens is 4. The van der Waals surface area contributed by atoms with Gasteiger partial charge in [0.2, 0.25) is 0 Å². The summed E-state index contributed by atoms with van der Waals surface area (Å²) in [5, 5.41) is 2.30. The summed E-state index contributed by atoms with van der Waals surface area (Å²) >= 11 is 21.3. The van der Waals surface area contributed by atoms with Crippen molar-refractivity contribution in [3.8, 4) is 5.75 Å². The number of ether oxygens (including phenoxy) is 1. The highest BCUT2D eigenvalue weighted by atomic mass is 79.9. The van der Waals surface area contributed by atoms with Gasteiger partial charge in [0.25, 0.3) is 0 Å². The summed E-state index contributed by atoms with van der Waals surface area (Å²) in [5.41, 5.74) is 0. The van der Waals surface area contributed by atoms with E-state index in [0.717, 1.165) is 18.2 Å². The van der Waals surface area contributed by atoms with Crippen molar-refractivity contribution in [1.29, 1.82) is 0 Å². The molecule has 5 heteroatoms. The fraction of sp³-hybridized carbons (Fsp3) is 0.500. The molecule has 0 heterocycles. The van der Waals surface area contributed by atoms with E-state index in [2.05, 4.69) is 22.9 Å². The Morgan fingerprint density at radius 3 is 2.41 bits per heavy atom. The van der Waals surface area contributed by atoms with Crippen LogP contribution in [-0.2, 0) is 0 Å². The fourth-order valence-corrected chi connectivity index (χ4v) is 2.54. The van der Waals surface area contributed by atoms with Crippen LogP contribution in [0.15, 0.2) is 12.1 Å². The third kappa shape index (κ3) is 4.86. The molecule has 0 amide bonds. The third-order valence-corrected chi connectivity index (χ3v) is 4.30. The van der Waals surface area contributed by atoms with Gasteiger partial charge < -0.3 is 4.74 Å². The smallest absolute Gasteiger partial charge is 0.139 e. The molecule has 1 atom stereocenters. The summed E-state index contributed by atoms with van der Waals surface area (Å²) in [4.78, 5) is 0. The molecule has 1 aromatic carbocycles. The van der Waals surface area contributed by atoms with Crippen LogP contribution in [0.3, 0.4) is 0 Å². The van der Waals surface area contributed by atoms with Crippen molar-refractivity contribution in [2.24, 2.45) is 5.92 Å². The minimum Gasteiger partial charge on any atom is -0.492 e. The molecule has 0 aliphatic carbocycles. The Hall–Kier alpha value is 0.370. The highest BCUT2D eigenvalue weighted by Gasteiger charge is 2.11. The number of hydrogen-bond acceptors (Lipinski definition) is 1. The monoisotopic (exact) mass is 358 g/mol. The van der Waals surface area contributed by atoms with E-state index >= 15 is 0 Å². The second kappa shape index (κ2) is 7.73. The Bertz CT molecular complexity index is 371. The lowest BCUT2D eigenvalue weighted by atomic mass is 10.1. The van der Waals surface area contributed by atoms with E-state index in [1.807, 2.05) is 0 Å². The predicted octanol–water partition coefficient (Wildman–Crippen LogP) is 5.84. The molecule has 1 rings (SSSR count). The minimum atomic E-state index is 0.439. The van der Waals surface area contributed by atoms with E-state index < -0.39 is 0 Å². The van der Waals surface area contributed by atoms with Gasteiger partial charge >= 0.3 is 0 Å². The van der Waals surface area contributed by atoms with Crippen LogP contribution in [0.2, 0.25) is 15.1 Å². The zero-order valence-corrected chi connectivity index (χ0v) is 13.3. The Labute approximate surface area is 126 Å². The van der Waals surface area contributed by atoms with Gasteiger partial charge in [-0.15, -0.1) is 0 Å². The molecule has 0 saturated heterocycles. The topological polar surface area (TPSA) is 9.23 Å². The van der Waals surface area contributed by atoms with Gasteiger partial charge in [0.15, 0.2) is 0 Å². The zero-order chi connectivity index (χ0) is 12.8. The highest BCUT2D eigenvalue weighted by molar-refractivity contribution is 9.09. The number of hydrogen-bond donors (Lipinski definition) is 0. The quantitative estimate of drug-likeness (QED) is 0.458. The minimum absolute atomic E-state index is 0.439. The van der Waals surface area contributed by atoms with Gasteiger partial charge in [-0.3, -0.25) is 0 Å². The van der Waals surface area contributed by atoms with Crippen molar-refractivity contribution in [3.63, 3.8) is 0 Å². The molecular weight excluding hydrogens is 346 g/mol. The second-order valence-electron chi connectivity index (χ2n) is 3.82. The molecule has 0 N–H and O–H groups in total. The molecule has 1 aromatic rings. The van der Waals surface area contributed by atoms with Gasteiger partial charge in [-0.25, -0.2) is 0 Å². The van der Waals surface area contributed by atoms with Gasteiger partial charge in [0.1, 0.15) is 5.75 Å². The van der Waals surface area contributed by atoms with Crippen LogP contribution in [0.4, 0.5) is 0 Å². The van der Waals surface area contributed by atoms with Crippen LogP contribution in [0, 0.1) is 5.92 Å². The van der Waals surface area contributed by atoms with Crippen molar-refractivity contribution in [3.05, 3.63) is 27.2 Å². The molecule has 0 aromatic heterocycles. The molecule has 0 aliphatic rings. The summed E-state index contributed by atoms with van der Waals surface area (Å²) in [6, 6.07) is 3.26. The third-order valence-electron chi connectivity index (χ3n) is 2.36. The normalized spacial score (nSPS) is 12.5. The Balaban J connectivity index is 2.65. The van der Waals surface area contributed by atoms with Gasteiger partial charge in [-0.1, -0.05) is 64.1 Å². The van der Waals surface area contributed by atoms with Crippen molar-refractivity contribution in [1.82, 2.24) is 0 Å². The Kier molecular flexibility index (Phi) is 7.01. The number of alkyl halides is 1. The molecule has 0 fully saturated rings. The Morgan fingerprint density at radius 2 is 1.82 bits per heavy atom. The van der Waals surface area contributed by atoms with Gasteiger partial charge in [0, 0.05) is 17.3 Å². The molecule has 0 aliphatic heterocycles. The largest absolute Gasteiger partial charge is 0.492 e. The van der Waals surface area contributed by atoms with E-state index in [1.165, 1.54) is 0 Å². The highest BCUT2D eigenvalue weighted by Crippen LogP contribution is 2.34. The number of rotatable bonds is 6. The van der Waals surface area contributed by atoms with Crippen LogP contribution in [0.5, 0.6) is 5.75 Å². The summed E-state index contributed by atoms with van der Waals surface area (Å²) < 4.78 is 5.67. The molecule has 1 nitrogen and oxygen atoms in total. The van der Waals surface area contributed by atoms with Gasteiger partial charge in [0.05, 0.1) is 21.7 Å². The van der Waals surface area contributed by atoms with Crippen molar-refractivity contribution < 1.29 is 4.74 Å². The SMILES string of the molecule is CCCC(CBr)COc1cc(Cl)c(Cl)cc1Cl. The van der Waals surface area contributed by atoms with E-state index in [4.69, 9.17) is 39.5 Å². The van der Waals surface area contributed by atoms with Crippen molar-refractivity contribution in [2.45, 2.75) is 19.8 Å². The first-order chi connectivity index (χ1) is 8.08. The molecular formula is C12H14BrCl3O. The second-order valence-corrected chi connectivity index (χ2v) is 5.69. The maximum absolute atomic E-state index is 6.03. The molecule has 0 bridgehead atoms. The first-order valence-electron chi connectivity index (χ1n) is 5.41. The van der Waals surface area contributed by atoms with Gasteiger partial charge in [-0.2, -0.15) is 0 Å². The molecule has 0 spiro atoms. The van der Waals surface area contributed by atoms with Crippen LogP contribution in [0.25, 0.3) is 0 Å². The summed E-state index contributed by atoms with van der Waals surface area (Å²) in [6.07, 6.45) is 2.25. The van der Waals surface area contributed by atoms with E-state index in [1.54, 1.807) is 12.1 Å². The first-order valence-corrected chi connectivity index (χ1v) is 7.67. The molecule has 17 heavy (non-hydrogen) atoms. The lowest BCUT2D eigenvalue weighted by Crippen LogP contribution is -2.13. The van der Waals surface area contributed by atoms with Crippen LogP contribution < -0.4 is 4.74 Å². The average molecular weight is 361 g/mol. The lowest BCUT2D eigenvalue weighted by Gasteiger charge is -2.15. The molecule has 0 radical (unpaired) electrons. The molecule has 96 valence electrons. The lowest BCUT2D eigenvalue weighted by molar-refractivity contribution is 0.255.